The molecule has 0 amide bonds. The normalized spacial score (nSPS) is 10.2. The summed E-state index contributed by atoms with van der Waals surface area (Å²) in [4.78, 5) is 2.21. The molecule has 20 heavy (non-hydrogen) atoms. The van der Waals surface area contributed by atoms with Gasteiger partial charge in [-0.2, -0.15) is 0 Å². The lowest BCUT2D eigenvalue weighted by molar-refractivity contribution is 0.217. The molecule has 0 aliphatic rings. The van der Waals surface area contributed by atoms with Gasteiger partial charge in [0.05, 0.1) is 6.61 Å². The van der Waals surface area contributed by atoms with E-state index < -0.39 is 0 Å². The number of ether oxygens (including phenoxy) is 1. The minimum Gasteiger partial charge on any atom is -0.489 e. The highest BCUT2D eigenvalue weighted by Gasteiger charge is 2.05. The van der Waals surface area contributed by atoms with Gasteiger partial charge < -0.3 is 14.7 Å². The lowest BCUT2D eigenvalue weighted by Gasteiger charge is -2.18. The number of rotatable bonds is 7. The van der Waals surface area contributed by atoms with Crippen molar-refractivity contribution in [1.82, 2.24) is 4.90 Å². The standard InChI is InChI=1S/C16H22FNO2/c1-3-18(4-2)10-12-20-16-13-14(7-5-6-11-19)8-9-15(16)17/h8-9,13,19H,3-4,6,10-12H2,1-2H3. The SMILES string of the molecule is CCN(CC)CCOc1cc(C#CCCO)ccc1F. The Kier molecular flexibility index (Phi) is 7.71. The third kappa shape index (κ3) is 5.60. The summed E-state index contributed by atoms with van der Waals surface area (Å²) in [6.07, 6.45) is 0.412. The van der Waals surface area contributed by atoms with Crippen LogP contribution in [-0.4, -0.2) is 42.9 Å². The molecule has 0 bridgehead atoms. The minimum atomic E-state index is -0.378. The van der Waals surface area contributed by atoms with E-state index in [0.29, 0.717) is 18.6 Å². The number of likely N-dealkylation sites (N-methyl/N-ethyl adjacent to an activating group) is 1. The Bertz CT molecular complexity index is 461. The Hall–Kier alpha value is -1.57. The van der Waals surface area contributed by atoms with Crippen LogP contribution in [0.15, 0.2) is 18.2 Å². The van der Waals surface area contributed by atoms with Crippen LogP contribution in [0.3, 0.4) is 0 Å². The van der Waals surface area contributed by atoms with Crippen molar-refractivity contribution in [3.63, 3.8) is 0 Å². The maximum atomic E-state index is 13.6. The van der Waals surface area contributed by atoms with Gasteiger partial charge in [0.2, 0.25) is 0 Å². The molecule has 3 nitrogen and oxygen atoms in total. The van der Waals surface area contributed by atoms with E-state index in [-0.39, 0.29) is 18.2 Å². The molecule has 1 aromatic carbocycles. The molecular weight excluding hydrogens is 257 g/mol. The summed E-state index contributed by atoms with van der Waals surface area (Å²) in [6.45, 7) is 7.33. The van der Waals surface area contributed by atoms with Gasteiger partial charge in [0, 0.05) is 18.5 Å². The van der Waals surface area contributed by atoms with Crippen molar-refractivity contribution in [2.24, 2.45) is 0 Å². The van der Waals surface area contributed by atoms with Crippen molar-refractivity contribution >= 4 is 0 Å². The lowest BCUT2D eigenvalue weighted by atomic mass is 10.2. The van der Waals surface area contributed by atoms with Crippen LogP contribution >= 0.6 is 0 Å². The molecule has 1 aromatic rings. The van der Waals surface area contributed by atoms with Gasteiger partial charge in [-0.05, 0) is 31.3 Å². The number of benzene rings is 1. The summed E-state index contributed by atoms with van der Waals surface area (Å²) in [6, 6.07) is 4.56. The van der Waals surface area contributed by atoms with Gasteiger partial charge in [0.15, 0.2) is 11.6 Å². The van der Waals surface area contributed by atoms with E-state index in [1.54, 1.807) is 12.1 Å². The van der Waals surface area contributed by atoms with E-state index in [4.69, 9.17) is 9.84 Å². The summed E-state index contributed by atoms with van der Waals surface area (Å²) in [7, 11) is 0. The quantitative estimate of drug-likeness (QED) is 0.777. The third-order valence-corrected chi connectivity index (χ3v) is 2.96. The summed E-state index contributed by atoms with van der Waals surface area (Å²) < 4.78 is 19.1. The Morgan fingerprint density at radius 3 is 2.70 bits per heavy atom. The van der Waals surface area contributed by atoms with Crippen LogP contribution in [0.4, 0.5) is 4.39 Å². The predicted octanol–water partition coefficient (Wildman–Crippen LogP) is 2.28. The van der Waals surface area contributed by atoms with Crippen LogP contribution in [0.2, 0.25) is 0 Å². The van der Waals surface area contributed by atoms with Gasteiger partial charge in [0.25, 0.3) is 0 Å². The van der Waals surface area contributed by atoms with Crippen LogP contribution in [-0.2, 0) is 0 Å². The lowest BCUT2D eigenvalue weighted by Crippen LogP contribution is -2.28. The first kappa shape index (κ1) is 16.5. The molecule has 0 aliphatic carbocycles. The second-order valence-corrected chi connectivity index (χ2v) is 4.30. The van der Waals surface area contributed by atoms with Crippen molar-refractivity contribution in [1.29, 1.82) is 0 Å². The van der Waals surface area contributed by atoms with Crippen molar-refractivity contribution in [3.8, 4) is 17.6 Å². The average molecular weight is 279 g/mol. The number of nitrogens with zero attached hydrogens (tertiary/aromatic N) is 1. The zero-order valence-corrected chi connectivity index (χ0v) is 12.2. The molecule has 0 radical (unpaired) electrons. The maximum absolute atomic E-state index is 13.6. The second kappa shape index (κ2) is 9.35. The van der Waals surface area contributed by atoms with Crippen LogP contribution in [0.25, 0.3) is 0 Å². The third-order valence-electron chi connectivity index (χ3n) is 2.96. The Labute approximate surface area is 120 Å². The molecule has 1 N–H and O–H groups in total. The van der Waals surface area contributed by atoms with Crippen molar-refractivity contribution in [2.45, 2.75) is 20.3 Å². The number of halogens is 1. The van der Waals surface area contributed by atoms with Crippen LogP contribution in [0.1, 0.15) is 25.8 Å². The summed E-state index contributed by atoms with van der Waals surface area (Å²) in [5.74, 6) is 5.52. The van der Waals surface area contributed by atoms with Gasteiger partial charge in [-0.3, -0.25) is 0 Å². The topological polar surface area (TPSA) is 32.7 Å². The Morgan fingerprint density at radius 2 is 2.05 bits per heavy atom. The minimum absolute atomic E-state index is 0.0292. The molecule has 0 fully saturated rings. The molecule has 0 saturated carbocycles. The number of hydrogen-bond donors (Lipinski definition) is 1. The van der Waals surface area contributed by atoms with Crippen LogP contribution < -0.4 is 4.74 Å². The van der Waals surface area contributed by atoms with E-state index >= 15 is 0 Å². The first-order valence-corrected chi connectivity index (χ1v) is 6.95. The van der Waals surface area contributed by atoms with E-state index in [1.165, 1.54) is 6.07 Å². The second-order valence-electron chi connectivity index (χ2n) is 4.30. The van der Waals surface area contributed by atoms with Gasteiger partial charge in [-0.15, -0.1) is 0 Å². The number of aliphatic hydroxyl groups is 1. The molecule has 0 unspecified atom stereocenters. The average Bonchev–Trinajstić information content (AvgIpc) is 2.47. The predicted molar refractivity (Wildman–Crippen MR) is 78.3 cm³/mol. The first-order valence-electron chi connectivity index (χ1n) is 6.95. The largest absolute Gasteiger partial charge is 0.489 e. The van der Waals surface area contributed by atoms with E-state index in [0.717, 1.165) is 19.6 Å². The monoisotopic (exact) mass is 279 g/mol. The van der Waals surface area contributed by atoms with Crippen molar-refractivity contribution < 1.29 is 14.2 Å². The molecule has 0 atom stereocenters. The molecule has 4 heteroatoms. The molecule has 0 aliphatic heterocycles. The smallest absolute Gasteiger partial charge is 0.165 e. The van der Waals surface area contributed by atoms with Gasteiger partial charge in [-0.25, -0.2) is 4.39 Å². The Balaban J connectivity index is 2.61. The maximum Gasteiger partial charge on any atom is 0.165 e. The highest BCUT2D eigenvalue weighted by Crippen LogP contribution is 2.18. The van der Waals surface area contributed by atoms with Crippen molar-refractivity contribution in [2.75, 3.05) is 32.8 Å². The fourth-order valence-electron chi connectivity index (χ4n) is 1.74. The fraction of sp³-hybridized carbons (Fsp3) is 0.500. The molecule has 0 heterocycles. The summed E-state index contributed by atoms with van der Waals surface area (Å²) in [5.41, 5.74) is 0.692. The van der Waals surface area contributed by atoms with E-state index in [2.05, 4.69) is 30.6 Å². The van der Waals surface area contributed by atoms with Gasteiger partial charge in [-0.1, -0.05) is 25.7 Å². The molecular formula is C16H22FNO2. The van der Waals surface area contributed by atoms with Gasteiger partial charge >= 0.3 is 0 Å². The summed E-state index contributed by atoms with van der Waals surface area (Å²) in [5, 5.41) is 8.67. The van der Waals surface area contributed by atoms with Crippen molar-refractivity contribution in [3.05, 3.63) is 29.6 Å². The summed E-state index contributed by atoms with van der Waals surface area (Å²) >= 11 is 0. The van der Waals surface area contributed by atoms with E-state index in [1.807, 2.05) is 0 Å². The van der Waals surface area contributed by atoms with Crippen LogP contribution in [0, 0.1) is 17.7 Å². The molecule has 0 saturated heterocycles. The fourth-order valence-corrected chi connectivity index (χ4v) is 1.74. The van der Waals surface area contributed by atoms with Gasteiger partial charge in [0.1, 0.15) is 6.61 Å². The van der Waals surface area contributed by atoms with E-state index in [9.17, 15) is 4.39 Å². The molecule has 0 spiro atoms. The number of aliphatic hydroxyl groups excluding tert-OH is 1. The highest BCUT2D eigenvalue weighted by atomic mass is 19.1. The molecule has 0 aromatic heterocycles. The number of hydrogen-bond acceptors (Lipinski definition) is 3. The molecule has 110 valence electrons. The zero-order chi connectivity index (χ0) is 14.8. The first-order chi connectivity index (χ1) is 9.71. The highest BCUT2D eigenvalue weighted by molar-refractivity contribution is 5.40. The van der Waals surface area contributed by atoms with Crippen LogP contribution in [0.5, 0.6) is 5.75 Å². The zero-order valence-electron chi connectivity index (χ0n) is 12.2. The Morgan fingerprint density at radius 1 is 1.30 bits per heavy atom. The molecule has 1 rings (SSSR count).